The van der Waals surface area contributed by atoms with Crippen molar-refractivity contribution in [3.8, 4) is 0 Å². The topological polar surface area (TPSA) is 6.48 Å². The van der Waals surface area contributed by atoms with Crippen LogP contribution in [0.5, 0.6) is 0 Å². The molecule has 0 aromatic rings. The first kappa shape index (κ1) is 13.6. The molecule has 0 saturated carbocycles. The van der Waals surface area contributed by atoms with Crippen molar-refractivity contribution in [2.45, 2.75) is 40.2 Å². The van der Waals surface area contributed by atoms with Gasteiger partial charge < -0.3 is 9.80 Å². The van der Waals surface area contributed by atoms with Crippen molar-refractivity contribution in [1.29, 1.82) is 0 Å². The summed E-state index contributed by atoms with van der Waals surface area (Å²) in [5.41, 5.74) is 1.56. The lowest BCUT2D eigenvalue weighted by molar-refractivity contribution is 0.218. The number of hydrogen-bond acceptors (Lipinski definition) is 2. The van der Waals surface area contributed by atoms with Crippen molar-refractivity contribution in [2.24, 2.45) is 11.3 Å². The zero-order valence-electron chi connectivity index (χ0n) is 11.9. The Bertz CT molecular complexity index is 255. The summed E-state index contributed by atoms with van der Waals surface area (Å²) in [7, 11) is 4.41. The van der Waals surface area contributed by atoms with Gasteiger partial charge >= 0.3 is 0 Å². The van der Waals surface area contributed by atoms with Crippen LogP contribution in [0.1, 0.15) is 34.1 Å². The lowest BCUT2D eigenvalue weighted by Gasteiger charge is -2.28. The minimum absolute atomic E-state index is 0.276. The van der Waals surface area contributed by atoms with Gasteiger partial charge in [-0.3, -0.25) is 0 Å². The Hall–Kier alpha value is -0.500. The Morgan fingerprint density at radius 3 is 2.44 bits per heavy atom. The third kappa shape index (κ3) is 3.00. The van der Waals surface area contributed by atoms with Crippen LogP contribution in [-0.4, -0.2) is 43.0 Å². The molecule has 1 atom stereocenters. The van der Waals surface area contributed by atoms with Gasteiger partial charge in [0.25, 0.3) is 0 Å². The number of nitrogens with zero attached hydrogens (tertiary/aromatic N) is 2. The van der Waals surface area contributed by atoms with Crippen LogP contribution >= 0.6 is 0 Å². The van der Waals surface area contributed by atoms with Gasteiger partial charge in [-0.05, 0) is 19.4 Å². The van der Waals surface area contributed by atoms with Crippen LogP contribution in [0.3, 0.4) is 0 Å². The highest BCUT2D eigenvalue weighted by atomic mass is 15.2. The molecule has 0 aromatic carbocycles. The van der Waals surface area contributed by atoms with E-state index in [0.29, 0.717) is 6.04 Å². The minimum Gasteiger partial charge on any atom is -0.374 e. The highest BCUT2D eigenvalue weighted by Gasteiger charge is 2.38. The van der Waals surface area contributed by atoms with Gasteiger partial charge in [-0.2, -0.15) is 0 Å². The molecule has 1 aliphatic heterocycles. The molecule has 0 radical (unpaired) electrons. The monoisotopic (exact) mass is 224 g/mol. The highest BCUT2D eigenvalue weighted by molar-refractivity contribution is 5.14. The Balaban J connectivity index is 2.54. The number of allylic oxidation sites excluding steroid dienone is 1. The fourth-order valence-electron chi connectivity index (χ4n) is 2.79. The lowest BCUT2D eigenvalue weighted by Crippen LogP contribution is -2.37. The molecule has 1 aliphatic rings. The Morgan fingerprint density at radius 2 is 2.06 bits per heavy atom. The summed E-state index contributed by atoms with van der Waals surface area (Å²) in [6, 6.07) is 0.631. The minimum atomic E-state index is 0.276. The smallest absolute Gasteiger partial charge is 0.0419 e. The van der Waals surface area contributed by atoms with E-state index in [2.05, 4.69) is 58.2 Å². The number of hydrogen-bond donors (Lipinski definition) is 0. The zero-order chi connectivity index (χ0) is 12.5. The van der Waals surface area contributed by atoms with Crippen molar-refractivity contribution >= 4 is 0 Å². The Kier molecular flexibility index (Phi) is 4.06. The van der Waals surface area contributed by atoms with E-state index in [9.17, 15) is 0 Å². The van der Waals surface area contributed by atoms with E-state index in [-0.39, 0.29) is 5.41 Å². The molecule has 94 valence electrons. The Labute approximate surface area is 101 Å². The molecule has 16 heavy (non-hydrogen) atoms. The van der Waals surface area contributed by atoms with Gasteiger partial charge in [-0.15, -0.1) is 0 Å². The van der Waals surface area contributed by atoms with E-state index in [0.717, 1.165) is 12.5 Å². The summed E-state index contributed by atoms with van der Waals surface area (Å²) in [4.78, 5) is 4.82. The summed E-state index contributed by atoms with van der Waals surface area (Å²) in [5.74, 6) is 0.743. The third-order valence-electron chi connectivity index (χ3n) is 3.70. The van der Waals surface area contributed by atoms with E-state index in [1.54, 1.807) is 0 Å². The average Bonchev–Trinajstić information content (AvgIpc) is 2.28. The zero-order valence-corrected chi connectivity index (χ0v) is 11.9. The second-order valence-corrected chi connectivity index (χ2v) is 6.41. The molecular formula is C14H28N2. The first-order valence-electron chi connectivity index (χ1n) is 6.35. The largest absolute Gasteiger partial charge is 0.374 e. The fraction of sp³-hybridized carbons (Fsp3) is 0.857. The average molecular weight is 224 g/mol. The summed E-state index contributed by atoms with van der Waals surface area (Å²) in [6.45, 7) is 15.7. The molecule has 1 rings (SSSR count). The van der Waals surface area contributed by atoms with Gasteiger partial charge in [0.15, 0.2) is 0 Å². The summed E-state index contributed by atoms with van der Waals surface area (Å²) < 4.78 is 0. The SMILES string of the molecule is C=C1N(C)[C@@H](CN(C)CC(C)C)CC1(C)C. The molecule has 1 heterocycles. The van der Waals surface area contributed by atoms with Gasteiger partial charge in [-0.25, -0.2) is 0 Å². The van der Waals surface area contributed by atoms with E-state index < -0.39 is 0 Å². The van der Waals surface area contributed by atoms with Crippen LogP contribution in [0.15, 0.2) is 12.3 Å². The van der Waals surface area contributed by atoms with E-state index in [1.165, 1.54) is 18.7 Å². The molecule has 0 amide bonds. The molecular weight excluding hydrogens is 196 g/mol. The molecule has 2 heteroatoms. The summed E-state index contributed by atoms with van der Waals surface area (Å²) in [5, 5.41) is 0. The lowest BCUT2D eigenvalue weighted by atomic mass is 9.88. The second kappa shape index (κ2) is 4.79. The van der Waals surface area contributed by atoms with Gasteiger partial charge in [0.2, 0.25) is 0 Å². The van der Waals surface area contributed by atoms with Crippen LogP contribution in [0.4, 0.5) is 0 Å². The number of likely N-dealkylation sites (N-methyl/N-ethyl adjacent to an activating group) is 2. The molecule has 2 nitrogen and oxygen atoms in total. The van der Waals surface area contributed by atoms with Crippen molar-refractivity contribution in [3.63, 3.8) is 0 Å². The van der Waals surface area contributed by atoms with Gasteiger partial charge in [0.05, 0.1) is 0 Å². The Morgan fingerprint density at radius 1 is 1.50 bits per heavy atom. The molecule has 0 spiro atoms. The first-order chi connectivity index (χ1) is 7.24. The third-order valence-corrected chi connectivity index (χ3v) is 3.70. The van der Waals surface area contributed by atoms with E-state index >= 15 is 0 Å². The van der Waals surface area contributed by atoms with Gasteiger partial charge in [0, 0.05) is 37.3 Å². The van der Waals surface area contributed by atoms with E-state index in [4.69, 9.17) is 0 Å². The molecule has 0 aliphatic carbocycles. The van der Waals surface area contributed by atoms with Crippen molar-refractivity contribution < 1.29 is 0 Å². The number of rotatable bonds is 4. The van der Waals surface area contributed by atoms with Crippen molar-refractivity contribution in [1.82, 2.24) is 9.80 Å². The quantitative estimate of drug-likeness (QED) is 0.724. The maximum atomic E-state index is 4.21. The molecule has 0 unspecified atom stereocenters. The van der Waals surface area contributed by atoms with Crippen LogP contribution in [0, 0.1) is 11.3 Å². The highest BCUT2D eigenvalue weighted by Crippen LogP contribution is 2.41. The van der Waals surface area contributed by atoms with Gasteiger partial charge in [0.1, 0.15) is 0 Å². The number of likely N-dealkylation sites (tertiary alicyclic amines) is 1. The molecule has 1 fully saturated rings. The van der Waals surface area contributed by atoms with Crippen molar-refractivity contribution in [2.75, 3.05) is 27.2 Å². The molecule has 0 N–H and O–H groups in total. The fourth-order valence-corrected chi connectivity index (χ4v) is 2.79. The van der Waals surface area contributed by atoms with Crippen LogP contribution < -0.4 is 0 Å². The molecule has 0 aromatic heterocycles. The first-order valence-corrected chi connectivity index (χ1v) is 6.35. The van der Waals surface area contributed by atoms with Crippen LogP contribution in [0.25, 0.3) is 0 Å². The van der Waals surface area contributed by atoms with E-state index in [1.807, 2.05) is 0 Å². The second-order valence-electron chi connectivity index (χ2n) is 6.41. The molecule has 0 bridgehead atoms. The maximum absolute atomic E-state index is 4.21. The van der Waals surface area contributed by atoms with Crippen molar-refractivity contribution in [3.05, 3.63) is 12.3 Å². The summed E-state index contributed by atoms with van der Waals surface area (Å²) in [6.07, 6.45) is 1.23. The van der Waals surface area contributed by atoms with Gasteiger partial charge in [-0.1, -0.05) is 34.3 Å². The van der Waals surface area contributed by atoms with Crippen LogP contribution in [0.2, 0.25) is 0 Å². The van der Waals surface area contributed by atoms with Crippen LogP contribution in [-0.2, 0) is 0 Å². The standard InChI is InChI=1S/C14H28N2/c1-11(2)9-15(6)10-13-8-14(4,5)12(3)16(13)7/h11,13H,3,8-10H2,1-2,4-7H3/t13-/m1/s1. The summed E-state index contributed by atoms with van der Waals surface area (Å²) >= 11 is 0. The predicted octanol–water partition coefficient (Wildman–Crippen LogP) is 2.82. The maximum Gasteiger partial charge on any atom is 0.0419 e. The predicted molar refractivity (Wildman–Crippen MR) is 71.4 cm³/mol. The normalized spacial score (nSPS) is 24.9. The molecule has 1 saturated heterocycles.